The van der Waals surface area contributed by atoms with Gasteiger partial charge in [-0.3, -0.25) is 4.79 Å². The topological polar surface area (TPSA) is 67.6 Å². The van der Waals surface area contributed by atoms with Crippen LogP contribution in [0.3, 0.4) is 0 Å². The summed E-state index contributed by atoms with van der Waals surface area (Å²) in [6.07, 6.45) is 0. The lowest BCUT2D eigenvalue weighted by atomic mass is 10.2. The molecule has 0 aliphatic carbocycles. The summed E-state index contributed by atoms with van der Waals surface area (Å²) < 4.78 is 29.7. The third-order valence-electron chi connectivity index (χ3n) is 3.85. The number of rotatable bonds is 4. The molecule has 1 aromatic heterocycles. The summed E-state index contributed by atoms with van der Waals surface area (Å²) in [7, 11) is -3.12. The smallest absolute Gasteiger partial charge is 0.289 e. The number of likely N-dealkylation sites (tertiary alicyclic amines) is 1. The second-order valence-electron chi connectivity index (χ2n) is 6.20. The highest BCUT2D eigenvalue weighted by atomic mass is 32.2. The van der Waals surface area contributed by atoms with Crippen molar-refractivity contribution in [3.05, 3.63) is 36.1 Å². The summed E-state index contributed by atoms with van der Waals surface area (Å²) >= 11 is 0. The van der Waals surface area contributed by atoms with Gasteiger partial charge in [0.15, 0.2) is 15.6 Å². The molecule has 0 unspecified atom stereocenters. The summed E-state index contributed by atoms with van der Waals surface area (Å²) in [5.41, 5.74) is 0.662. The standard InChI is InChI=1S/C16H19NO4S/c1-11(2)10-22(19,20)13-8-17(9-13)16(18)15-7-12-5-3-4-6-14(12)21-15/h3-7,11,13H,8-10H2,1-2H3. The monoisotopic (exact) mass is 321 g/mol. The Kier molecular flexibility index (Phi) is 3.72. The van der Waals surface area contributed by atoms with E-state index in [4.69, 9.17) is 4.42 Å². The predicted octanol–water partition coefficient (Wildman–Crippen LogP) is 2.33. The lowest BCUT2D eigenvalue weighted by molar-refractivity contribution is 0.0628. The number of para-hydroxylation sites is 1. The maximum Gasteiger partial charge on any atom is 0.289 e. The number of hydrogen-bond acceptors (Lipinski definition) is 4. The molecule has 22 heavy (non-hydrogen) atoms. The molecule has 2 heterocycles. The minimum atomic E-state index is -3.12. The molecule has 0 N–H and O–H groups in total. The number of amides is 1. The third kappa shape index (κ3) is 2.75. The Morgan fingerprint density at radius 2 is 2.00 bits per heavy atom. The van der Waals surface area contributed by atoms with Gasteiger partial charge in [-0.2, -0.15) is 0 Å². The van der Waals surface area contributed by atoms with E-state index in [9.17, 15) is 13.2 Å². The van der Waals surface area contributed by atoms with Crippen molar-refractivity contribution in [3.63, 3.8) is 0 Å². The summed E-state index contributed by atoms with van der Waals surface area (Å²) in [6, 6.07) is 9.11. The fourth-order valence-corrected chi connectivity index (χ4v) is 4.69. The average molecular weight is 321 g/mol. The molecule has 0 saturated carbocycles. The number of furan rings is 1. The van der Waals surface area contributed by atoms with Gasteiger partial charge in [0.1, 0.15) is 5.58 Å². The van der Waals surface area contributed by atoms with E-state index in [-0.39, 0.29) is 36.4 Å². The summed E-state index contributed by atoms with van der Waals surface area (Å²) in [5.74, 6) is 0.294. The summed E-state index contributed by atoms with van der Waals surface area (Å²) in [5, 5.41) is 0.429. The lowest BCUT2D eigenvalue weighted by Crippen LogP contribution is -2.57. The molecule has 1 fully saturated rings. The predicted molar refractivity (Wildman–Crippen MR) is 84.5 cm³/mol. The van der Waals surface area contributed by atoms with Crippen LogP contribution >= 0.6 is 0 Å². The Balaban J connectivity index is 1.69. The molecule has 1 aliphatic rings. The zero-order valence-electron chi connectivity index (χ0n) is 12.7. The summed E-state index contributed by atoms with van der Waals surface area (Å²) in [6.45, 7) is 4.27. The van der Waals surface area contributed by atoms with Crippen molar-refractivity contribution < 1.29 is 17.6 Å². The molecule has 1 saturated heterocycles. The molecule has 2 aromatic rings. The van der Waals surface area contributed by atoms with Crippen LogP contribution in [0, 0.1) is 5.92 Å². The van der Waals surface area contributed by atoms with Gasteiger partial charge in [0.25, 0.3) is 5.91 Å². The van der Waals surface area contributed by atoms with Crippen molar-refractivity contribution in [3.8, 4) is 0 Å². The first-order valence-corrected chi connectivity index (χ1v) is 9.08. The second kappa shape index (κ2) is 5.43. The van der Waals surface area contributed by atoms with E-state index in [1.807, 2.05) is 32.0 Å². The highest BCUT2D eigenvalue weighted by molar-refractivity contribution is 7.92. The van der Waals surface area contributed by atoms with Crippen LogP contribution in [0.4, 0.5) is 0 Å². The average Bonchev–Trinajstić information content (AvgIpc) is 2.78. The van der Waals surface area contributed by atoms with E-state index in [0.29, 0.717) is 5.58 Å². The Labute approximate surface area is 129 Å². The van der Waals surface area contributed by atoms with Gasteiger partial charge in [0, 0.05) is 18.5 Å². The molecular formula is C16H19NO4S. The fraction of sp³-hybridized carbons (Fsp3) is 0.438. The van der Waals surface area contributed by atoms with Crippen LogP contribution in [0.5, 0.6) is 0 Å². The van der Waals surface area contributed by atoms with Crippen molar-refractivity contribution in [1.29, 1.82) is 0 Å². The van der Waals surface area contributed by atoms with Crippen LogP contribution in [-0.2, 0) is 9.84 Å². The Bertz CT molecular complexity index is 767. The van der Waals surface area contributed by atoms with Gasteiger partial charge in [-0.1, -0.05) is 32.0 Å². The number of sulfone groups is 1. The molecule has 1 amide bonds. The number of fused-ring (bicyclic) bond motifs is 1. The molecule has 1 aromatic carbocycles. The van der Waals surface area contributed by atoms with Gasteiger partial charge >= 0.3 is 0 Å². The molecule has 5 nitrogen and oxygen atoms in total. The molecule has 3 rings (SSSR count). The van der Waals surface area contributed by atoms with Crippen molar-refractivity contribution in [1.82, 2.24) is 4.90 Å². The molecule has 0 radical (unpaired) electrons. The van der Waals surface area contributed by atoms with Crippen LogP contribution < -0.4 is 0 Å². The van der Waals surface area contributed by atoms with E-state index >= 15 is 0 Å². The molecule has 0 spiro atoms. The number of carbonyl (C=O) groups is 1. The van der Waals surface area contributed by atoms with Gasteiger partial charge in [0.05, 0.1) is 11.0 Å². The quantitative estimate of drug-likeness (QED) is 0.867. The summed E-state index contributed by atoms with van der Waals surface area (Å²) in [4.78, 5) is 13.9. The molecule has 0 atom stereocenters. The zero-order chi connectivity index (χ0) is 15.9. The largest absolute Gasteiger partial charge is 0.451 e. The van der Waals surface area contributed by atoms with Gasteiger partial charge in [-0.15, -0.1) is 0 Å². The molecule has 118 valence electrons. The Morgan fingerprint density at radius 1 is 1.32 bits per heavy atom. The Hall–Kier alpha value is -1.82. The third-order valence-corrected chi connectivity index (χ3v) is 6.29. The van der Waals surface area contributed by atoms with E-state index < -0.39 is 15.1 Å². The first kappa shape index (κ1) is 15.1. The van der Waals surface area contributed by atoms with Crippen molar-refractivity contribution in [2.24, 2.45) is 5.92 Å². The van der Waals surface area contributed by atoms with E-state index in [1.54, 1.807) is 12.1 Å². The number of nitrogens with zero attached hydrogens (tertiary/aromatic N) is 1. The van der Waals surface area contributed by atoms with Gasteiger partial charge in [-0.25, -0.2) is 8.42 Å². The van der Waals surface area contributed by atoms with Gasteiger partial charge < -0.3 is 9.32 Å². The number of carbonyl (C=O) groups excluding carboxylic acids is 1. The van der Waals surface area contributed by atoms with Crippen LogP contribution in [-0.4, -0.2) is 43.3 Å². The molecule has 1 aliphatic heterocycles. The van der Waals surface area contributed by atoms with Gasteiger partial charge in [-0.05, 0) is 18.1 Å². The molecule has 0 bridgehead atoms. The minimum absolute atomic E-state index is 0.102. The fourth-order valence-electron chi connectivity index (χ4n) is 2.67. The normalized spacial score (nSPS) is 16.2. The van der Waals surface area contributed by atoms with Gasteiger partial charge in [0.2, 0.25) is 0 Å². The zero-order valence-corrected chi connectivity index (χ0v) is 13.5. The first-order valence-electron chi connectivity index (χ1n) is 7.36. The van der Waals surface area contributed by atoms with Crippen molar-refractivity contribution in [2.75, 3.05) is 18.8 Å². The highest BCUT2D eigenvalue weighted by Crippen LogP contribution is 2.24. The SMILES string of the molecule is CC(C)CS(=O)(=O)C1CN(C(=O)c2cc3ccccc3o2)C1. The lowest BCUT2D eigenvalue weighted by Gasteiger charge is -2.38. The van der Waals surface area contributed by atoms with Crippen LogP contribution in [0.25, 0.3) is 11.0 Å². The van der Waals surface area contributed by atoms with Crippen molar-refractivity contribution >= 4 is 26.7 Å². The van der Waals surface area contributed by atoms with Crippen molar-refractivity contribution in [2.45, 2.75) is 19.1 Å². The minimum Gasteiger partial charge on any atom is -0.451 e. The second-order valence-corrected chi connectivity index (χ2v) is 8.53. The van der Waals surface area contributed by atoms with Crippen LogP contribution in [0.2, 0.25) is 0 Å². The van der Waals surface area contributed by atoms with Crippen LogP contribution in [0.15, 0.2) is 34.7 Å². The molecule has 6 heteroatoms. The maximum atomic E-state index is 12.3. The van der Waals surface area contributed by atoms with E-state index in [1.165, 1.54) is 4.90 Å². The highest BCUT2D eigenvalue weighted by Gasteiger charge is 2.40. The van der Waals surface area contributed by atoms with E-state index in [2.05, 4.69) is 0 Å². The number of hydrogen-bond donors (Lipinski definition) is 0. The number of benzene rings is 1. The van der Waals surface area contributed by atoms with E-state index in [0.717, 1.165) is 5.39 Å². The van der Waals surface area contributed by atoms with Crippen LogP contribution in [0.1, 0.15) is 24.4 Å². The first-order chi connectivity index (χ1) is 10.4. The Morgan fingerprint density at radius 3 is 2.64 bits per heavy atom. The maximum absolute atomic E-state index is 12.3. The molecular weight excluding hydrogens is 302 g/mol.